The first-order valence-corrected chi connectivity index (χ1v) is 14.9. The summed E-state index contributed by atoms with van der Waals surface area (Å²) in [7, 11) is 1.53. The molecule has 2 heterocycles. The van der Waals surface area contributed by atoms with Crippen molar-refractivity contribution in [3.05, 3.63) is 0 Å². The number of carbonyl (C=O) groups is 1. The zero-order valence-corrected chi connectivity index (χ0v) is 25.0. The van der Waals surface area contributed by atoms with E-state index < -0.39 is 97.1 Å². The fourth-order valence-electron chi connectivity index (χ4n) is 5.83. The Labute approximate surface area is 255 Å². The molecule has 0 aromatic carbocycles. The van der Waals surface area contributed by atoms with Crippen LogP contribution in [0.15, 0.2) is 0 Å². The Balaban J connectivity index is 1.81. The van der Waals surface area contributed by atoms with Crippen LogP contribution in [-0.4, -0.2) is 178 Å². The standard InChI is InChI=1S/C26H51N5O13/c1-26(40)10-41-24(19(38)22(26)29-2)44-21-12(31-23(39)13(33)4-5-27)8-11(28)20(18(21)37)43-25-17(36)16(35)15(34)14(42-25)9-30-6-3-7-32/h11-22,24-25,29-30,32-38,40H,3-10,27-28H2,1-2H3,(H,31,39)/t11-,12+,13-,14+,15+,16-,17+,18-,19+,20?,21-,22+,24+,25+,26-/m0/s1. The van der Waals surface area contributed by atoms with Crippen molar-refractivity contribution in [2.24, 2.45) is 11.5 Å². The Bertz CT molecular complexity index is 893. The van der Waals surface area contributed by atoms with Gasteiger partial charge in [-0.2, -0.15) is 0 Å². The molecule has 1 amide bonds. The highest BCUT2D eigenvalue weighted by atomic mass is 16.7. The van der Waals surface area contributed by atoms with Crippen LogP contribution in [0, 0.1) is 0 Å². The molecule has 18 heteroatoms. The van der Waals surface area contributed by atoms with Crippen molar-refractivity contribution < 1.29 is 64.6 Å². The lowest BCUT2D eigenvalue weighted by atomic mass is 9.83. The van der Waals surface area contributed by atoms with Gasteiger partial charge >= 0.3 is 0 Å². The first-order valence-electron chi connectivity index (χ1n) is 14.9. The highest BCUT2D eigenvalue weighted by Crippen LogP contribution is 2.32. The summed E-state index contributed by atoms with van der Waals surface area (Å²) in [6.45, 7) is 1.63. The monoisotopic (exact) mass is 641 g/mol. The van der Waals surface area contributed by atoms with Gasteiger partial charge in [-0.3, -0.25) is 4.79 Å². The van der Waals surface area contributed by atoms with Gasteiger partial charge in [-0.1, -0.05) is 0 Å². The summed E-state index contributed by atoms with van der Waals surface area (Å²) in [5.74, 6) is -0.798. The second-order valence-electron chi connectivity index (χ2n) is 11.9. The second kappa shape index (κ2) is 16.6. The Kier molecular flexibility index (Phi) is 14.1. The summed E-state index contributed by atoms with van der Waals surface area (Å²) in [6.07, 6.45) is -15.7. The molecule has 0 bridgehead atoms. The average molecular weight is 642 g/mol. The van der Waals surface area contributed by atoms with Crippen LogP contribution in [0.3, 0.4) is 0 Å². The molecule has 0 aromatic heterocycles. The first kappa shape index (κ1) is 37.3. The number of hydrogen-bond donors (Lipinski definition) is 13. The Hall–Kier alpha value is -1.17. The summed E-state index contributed by atoms with van der Waals surface area (Å²) in [4.78, 5) is 12.7. The highest BCUT2D eigenvalue weighted by molar-refractivity contribution is 5.80. The van der Waals surface area contributed by atoms with Gasteiger partial charge in [-0.25, -0.2) is 0 Å². The molecular weight excluding hydrogens is 590 g/mol. The third kappa shape index (κ3) is 8.79. The molecule has 0 radical (unpaired) electrons. The third-order valence-electron chi connectivity index (χ3n) is 8.34. The smallest absolute Gasteiger partial charge is 0.249 e. The van der Waals surface area contributed by atoms with Crippen LogP contribution in [0.25, 0.3) is 0 Å². The zero-order chi connectivity index (χ0) is 32.8. The summed E-state index contributed by atoms with van der Waals surface area (Å²) in [5.41, 5.74) is 10.4. The highest BCUT2D eigenvalue weighted by Gasteiger charge is 2.53. The van der Waals surface area contributed by atoms with E-state index in [-0.39, 0.29) is 39.1 Å². The van der Waals surface area contributed by atoms with E-state index in [1.165, 1.54) is 14.0 Å². The van der Waals surface area contributed by atoms with Crippen LogP contribution in [0.5, 0.6) is 0 Å². The Morgan fingerprint density at radius 1 is 1.05 bits per heavy atom. The summed E-state index contributed by atoms with van der Waals surface area (Å²) in [6, 6.07) is -2.93. The number of hydrogen-bond acceptors (Lipinski definition) is 17. The van der Waals surface area contributed by atoms with Crippen molar-refractivity contribution in [2.75, 3.05) is 39.9 Å². The average Bonchev–Trinajstić information content (AvgIpc) is 2.97. The largest absolute Gasteiger partial charge is 0.396 e. The maximum atomic E-state index is 12.7. The van der Waals surface area contributed by atoms with E-state index in [1.54, 1.807) is 0 Å². The van der Waals surface area contributed by atoms with Gasteiger partial charge in [0.25, 0.3) is 0 Å². The van der Waals surface area contributed by atoms with Gasteiger partial charge in [0.05, 0.1) is 18.7 Å². The van der Waals surface area contributed by atoms with Gasteiger partial charge in [0.15, 0.2) is 12.6 Å². The third-order valence-corrected chi connectivity index (χ3v) is 8.34. The number of nitrogens with one attached hydrogen (secondary N) is 3. The maximum Gasteiger partial charge on any atom is 0.249 e. The van der Waals surface area contributed by atoms with Gasteiger partial charge in [-0.05, 0) is 46.3 Å². The molecule has 15 atom stereocenters. The van der Waals surface area contributed by atoms with Crippen molar-refractivity contribution in [3.63, 3.8) is 0 Å². The van der Waals surface area contributed by atoms with Crippen LogP contribution in [0.1, 0.15) is 26.2 Å². The molecule has 15 N–H and O–H groups in total. The minimum Gasteiger partial charge on any atom is -0.396 e. The molecule has 2 saturated heterocycles. The van der Waals surface area contributed by atoms with E-state index in [0.29, 0.717) is 13.0 Å². The maximum absolute atomic E-state index is 12.7. The van der Waals surface area contributed by atoms with Crippen molar-refractivity contribution >= 4 is 5.91 Å². The lowest BCUT2D eigenvalue weighted by Gasteiger charge is -2.49. The normalized spacial score (nSPS) is 43.9. The molecule has 44 heavy (non-hydrogen) atoms. The number of amides is 1. The molecule has 2 aliphatic heterocycles. The van der Waals surface area contributed by atoms with E-state index in [0.717, 1.165) is 0 Å². The predicted octanol–water partition coefficient (Wildman–Crippen LogP) is -7.12. The van der Waals surface area contributed by atoms with Crippen molar-refractivity contribution in [1.29, 1.82) is 0 Å². The lowest BCUT2D eigenvalue weighted by molar-refractivity contribution is -0.330. The summed E-state index contributed by atoms with van der Waals surface area (Å²) >= 11 is 0. The molecule has 0 spiro atoms. The molecule has 1 saturated carbocycles. The SMILES string of the molecule is CN[C@@H]1[C@@H](O)[C@@H](O[C@H]2[C@H](NC(=O)[C@@H](O)CCN)C[C@H](N)C(O[C@H]3O[C@H](CNCCCO)[C@@H](O)[C@H](O)[C@H]3O)[C@@H]2O)OC[C@]1(C)O. The fraction of sp³-hybridized carbons (Fsp3) is 0.962. The molecular formula is C26H51N5O13. The van der Waals surface area contributed by atoms with E-state index >= 15 is 0 Å². The molecule has 0 aromatic rings. The minimum absolute atomic E-state index is 0.0328. The molecule has 3 aliphatic rings. The lowest BCUT2D eigenvalue weighted by Crippen LogP contribution is -2.70. The Morgan fingerprint density at radius 3 is 2.36 bits per heavy atom. The summed E-state index contributed by atoms with van der Waals surface area (Å²) in [5, 5.41) is 92.1. The van der Waals surface area contributed by atoms with Gasteiger partial charge < -0.3 is 87.2 Å². The number of carbonyl (C=O) groups excluding carboxylic acids is 1. The van der Waals surface area contributed by atoms with Gasteiger partial charge in [-0.15, -0.1) is 0 Å². The van der Waals surface area contributed by atoms with Crippen LogP contribution in [0.2, 0.25) is 0 Å². The van der Waals surface area contributed by atoms with Gasteiger partial charge in [0.2, 0.25) is 5.91 Å². The van der Waals surface area contributed by atoms with Crippen LogP contribution >= 0.6 is 0 Å². The topological polar surface area (TPSA) is 304 Å². The number of ether oxygens (including phenoxy) is 4. The molecule has 18 nitrogen and oxygen atoms in total. The van der Waals surface area contributed by atoms with E-state index in [9.17, 15) is 40.5 Å². The Morgan fingerprint density at radius 2 is 1.73 bits per heavy atom. The summed E-state index contributed by atoms with van der Waals surface area (Å²) < 4.78 is 23.2. The molecule has 258 valence electrons. The molecule has 3 fully saturated rings. The van der Waals surface area contributed by atoms with Crippen LogP contribution in [0.4, 0.5) is 0 Å². The number of rotatable bonds is 14. The van der Waals surface area contributed by atoms with E-state index in [4.69, 9.17) is 35.5 Å². The van der Waals surface area contributed by atoms with Crippen molar-refractivity contribution in [3.8, 4) is 0 Å². The minimum atomic E-state index is -1.73. The number of likely N-dealkylation sites (N-methyl/N-ethyl adjacent to an activating group) is 1. The molecule has 1 aliphatic carbocycles. The predicted molar refractivity (Wildman–Crippen MR) is 150 cm³/mol. The first-order chi connectivity index (χ1) is 20.8. The number of nitrogens with two attached hydrogens (primary N) is 2. The van der Waals surface area contributed by atoms with Crippen LogP contribution < -0.4 is 27.4 Å². The van der Waals surface area contributed by atoms with Crippen LogP contribution in [-0.2, 0) is 23.7 Å². The second-order valence-corrected chi connectivity index (χ2v) is 11.9. The zero-order valence-electron chi connectivity index (χ0n) is 25.0. The fourth-order valence-corrected chi connectivity index (χ4v) is 5.83. The van der Waals surface area contributed by atoms with E-state index in [2.05, 4.69) is 16.0 Å². The molecule has 1 unspecified atom stereocenters. The number of aliphatic hydroxyl groups is 8. The van der Waals surface area contributed by atoms with Gasteiger partial charge in [0.1, 0.15) is 60.5 Å². The van der Waals surface area contributed by atoms with Crippen molar-refractivity contribution in [2.45, 2.75) is 117 Å². The number of aliphatic hydroxyl groups excluding tert-OH is 7. The van der Waals surface area contributed by atoms with Crippen molar-refractivity contribution in [1.82, 2.24) is 16.0 Å². The van der Waals surface area contributed by atoms with E-state index in [1.807, 2.05) is 0 Å². The quantitative estimate of drug-likeness (QED) is 0.0784. The van der Waals surface area contributed by atoms with Gasteiger partial charge in [0, 0.05) is 19.2 Å². The molecule has 3 rings (SSSR count).